The highest BCUT2D eigenvalue weighted by Crippen LogP contribution is 2.28. The SMILES string of the molecule is CCOC(=O)[C@H](NC(=O)[C@H]1CCO[C@H](CC)C1)c1c(C)nn(-c2ccccc2)c1C. The van der Waals surface area contributed by atoms with Crippen molar-refractivity contribution in [3.63, 3.8) is 0 Å². The van der Waals surface area contributed by atoms with E-state index in [-0.39, 0.29) is 24.5 Å². The quantitative estimate of drug-likeness (QED) is 0.704. The zero-order valence-corrected chi connectivity index (χ0v) is 18.2. The number of rotatable bonds is 7. The van der Waals surface area contributed by atoms with Gasteiger partial charge in [-0.15, -0.1) is 0 Å². The number of hydrogen-bond acceptors (Lipinski definition) is 5. The number of carbonyl (C=O) groups is 2. The minimum absolute atomic E-state index is 0.0832. The molecule has 30 heavy (non-hydrogen) atoms. The van der Waals surface area contributed by atoms with Crippen LogP contribution in [0.2, 0.25) is 0 Å². The molecule has 2 aromatic rings. The van der Waals surface area contributed by atoms with Gasteiger partial charge < -0.3 is 14.8 Å². The molecule has 1 saturated heterocycles. The molecule has 3 atom stereocenters. The number of carbonyl (C=O) groups excluding carboxylic acids is 2. The molecule has 0 spiro atoms. The Labute approximate surface area is 177 Å². The van der Waals surface area contributed by atoms with Crippen molar-refractivity contribution in [1.29, 1.82) is 0 Å². The molecular weight excluding hydrogens is 382 g/mol. The van der Waals surface area contributed by atoms with Gasteiger partial charge in [0.05, 0.1) is 24.1 Å². The maximum atomic E-state index is 13.0. The van der Waals surface area contributed by atoms with Gasteiger partial charge in [0.25, 0.3) is 0 Å². The minimum Gasteiger partial charge on any atom is -0.464 e. The Hall–Kier alpha value is -2.67. The highest BCUT2D eigenvalue weighted by Gasteiger charge is 2.34. The van der Waals surface area contributed by atoms with E-state index in [1.807, 2.05) is 44.2 Å². The van der Waals surface area contributed by atoms with Gasteiger partial charge in [-0.2, -0.15) is 5.10 Å². The predicted octanol–water partition coefficient (Wildman–Crippen LogP) is 3.41. The fourth-order valence-electron chi connectivity index (χ4n) is 4.03. The molecule has 1 aromatic heterocycles. The molecular formula is C23H31N3O4. The number of nitrogens with zero attached hydrogens (tertiary/aromatic N) is 2. The monoisotopic (exact) mass is 413 g/mol. The van der Waals surface area contributed by atoms with E-state index in [0.29, 0.717) is 30.7 Å². The molecule has 1 aromatic carbocycles. The van der Waals surface area contributed by atoms with E-state index in [1.54, 1.807) is 11.6 Å². The van der Waals surface area contributed by atoms with Gasteiger partial charge in [-0.05, 0) is 52.2 Å². The second-order valence-electron chi connectivity index (χ2n) is 7.65. The van der Waals surface area contributed by atoms with Gasteiger partial charge >= 0.3 is 5.97 Å². The number of ether oxygens (including phenoxy) is 2. The molecule has 0 radical (unpaired) electrons. The van der Waals surface area contributed by atoms with Crippen molar-refractivity contribution in [2.45, 2.75) is 59.1 Å². The molecule has 1 aliphatic rings. The Morgan fingerprint density at radius 1 is 1.27 bits per heavy atom. The van der Waals surface area contributed by atoms with Crippen LogP contribution in [0.25, 0.3) is 5.69 Å². The molecule has 1 amide bonds. The number of nitrogens with one attached hydrogen (secondary N) is 1. The molecule has 0 unspecified atom stereocenters. The van der Waals surface area contributed by atoms with Gasteiger partial charge in [-0.1, -0.05) is 25.1 Å². The van der Waals surface area contributed by atoms with Gasteiger partial charge in [0, 0.05) is 23.8 Å². The van der Waals surface area contributed by atoms with Crippen molar-refractivity contribution in [3.8, 4) is 5.69 Å². The number of benzene rings is 1. The third kappa shape index (κ3) is 4.73. The summed E-state index contributed by atoms with van der Waals surface area (Å²) < 4.78 is 12.8. The lowest BCUT2D eigenvalue weighted by atomic mass is 9.92. The fourth-order valence-corrected chi connectivity index (χ4v) is 4.03. The largest absolute Gasteiger partial charge is 0.464 e. The summed E-state index contributed by atoms with van der Waals surface area (Å²) in [6.07, 6.45) is 2.27. The second-order valence-corrected chi connectivity index (χ2v) is 7.65. The van der Waals surface area contributed by atoms with E-state index in [4.69, 9.17) is 9.47 Å². The maximum Gasteiger partial charge on any atom is 0.333 e. The summed E-state index contributed by atoms with van der Waals surface area (Å²) in [5.74, 6) is -0.782. The number of para-hydroxylation sites is 1. The van der Waals surface area contributed by atoms with Crippen LogP contribution in [0.3, 0.4) is 0 Å². The third-order valence-electron chi connectivity index (χ3n) is 5.64. The first-order valence-electron chi connectivity index (χ1n) is 10.7. The van der Waals surface area contributed by atoms with Crippen LogP contribution in [0, 0.1) is 19.8 Å². The van der Waals surface area contributed by atoms with Crippen LogP contribution in [-0.4, -0.2) is 41.0 Å². The Morgan fingerprint density at radius 3 is 2.67 bits per heavy atom. The predicted molar refractivity (Wildman–Crippen MR) is 113 cm³/mol. The zero-order valence-electron chi connectivity index (χ0n) is 18.2. The Balaban J connectivity index is 1.90. The number of hydrogen-bond donors (Lipinski definition) is 1. The van der Waals surface area contributed by atoms with Crippen molar-refractivity contribution >= 4 is 11.9 Å². The van der Waals surface area contributed by atoms with E-state index >= 15 is 0 Å². The number of amides is 1. The van der Waals surface area contributed by atoms with E-state index < -0.39 is 12.0 Å². The number of aryl methyl sites for hydroxylation is 1. The van der Waals surface area contributed by atoms with Crippen LogP contribution < -0.4 is 5.32 Å². The fraction of sp³-hybridized carbons (Fsp3) is 0.522. The summed E-state index contributed by atoms with van der Waals surface area (Å²) in [5, 5.41) is 7.58. The summed E-state index contributed by atoms with van der Waals surface area (Å²) in [6.45, 7) is 8.37. The Kier molecular flexibility index (Phi) is 7.26. The van der Waals surface area contributed by atoms with Crippen LogP contribution in [0.15, 0.2) is 30.3 Å². The first-order valence-corrected chi connectivity index (χ1v) is 10.7. The molecule has 7 heteroatoms. The van der Waals surface area contributed by atoms with Gasteiger partial charge in [0.1, 0.15) is 0 Å². The summed E-state index contributed by atoms with van der Waals surface area (Å²) in [7, 11) is 0. The smallest absolute Gasteiger partial charge is 0.333 e. The van der Waals surface area contributed by atoms with Crippen molar-refractivity contribution in [2.24, 2.45) is 5.92 Å². The third-order valence-corrected chi connectivity index (χ3v) is 5.64. The summed E-state index contributed by atoms with van der Waals surface area (Å²) >= 11 is 0. The first kappa shape index (κ1) is 22.0. The molecule has 1 fully saturated rings. The Bertz CT molecular complexity index is 878. The van der Waals surface area contributed by atoms with E-state index in [9.17, 15) is 9.59 Å². The number of aromatic nitrogens is 2. The summed E-state index contributed by atoms with van der Waals surface area (Å²) in [5.41, 5.74) is 3.07. The van der Waals surface area contributed by atoms with Crippen molar-refractivity contribution in [3.05, 3.63) is 47.3 Å². The van der Waals surface area contributed by atoms with E-state index in [2.05, 4.69) is 17.3 Å². The maximum absolute atomic E-state index is 13.0. The molecule has 0 aliphatic carbocycles. The van der Waals surface area contributed by atoms with E-state index in [0.717, 1.165) is 17.8 Å². The van der Waals surface area contributed by atoms with E-state index in [1.165, 1.54) is 0 Å². The molecule has 7 nitrogen and oxygen atoms in total. The van der Waals surface area contributed by atoms with Crippen molar-refractivity contribution < 1.29 is 19.1 Å². The minimum atomic E-state index is -0.891. The van der Waals surface area contributed by atoms with Crippen molar-refractivity contribution in [2.75, 3.05) is 13.2 Å². The lowest BCUT2D eigenvalue weighted by molar-refractivity contribution is -0.148. The van der Waals surface area contributed by atoms with Crippen LogP contribution >= 0.6 is 0 Å². The van der Waals surface area contributed by atoms with Crippen LogP contribution in [0.1, 0.15) is 56.1 Å². The normalized spacial score (nSPS) is 19.9. The molecule has 162 valence electrons. The van der Waals surface area contributed by atoms with Crippen molar-refractivity contribution in [1.82, 2.24) is 15.1 Å². The second kappa shape index (κ2) is 9.89. The molecule has 1 N–H and O–H groups in total. The Morgan fingerprint density at radius 2 is 2.00 bits per heavy atom. The molecule has 1 aliphatic heterocycles. The van der Waals surface area contributed by atoms with Gasteiger partial charge in [0.15, 0.2) is 6.04 Å². The molecule has 0 bridgehead atoms. The molecule has 3 rings (SSSR count). The standard InChI is InChI=1S/C23H31N3O4/c1-5-19-14-17(12-13-30-19)22(27)24-21(23(28)29-6-2)20-15(3)25-26(16(20)4)18-10-8-7-9-11-18/h7-11,17,19,21H,5-6,12-14H2,1-4H3,(H,24,27)/t17-,19+,21+/m0/s1. The first-order chi connectivity index (χ1) is 14.5. The lowest BCUT2D eigenvalue weighted by Gasteiger charge is -2.29. The van der Waals surface area contributed by atoms with Gasteiger partial charge in [0.2, 0.25) is 5.91 Å². The highest BCUT2D eigenvalue weighted by atomic mass is 16.5. The number of esters is 1. The van der Waals surface area contributed by atoms with Gasteiger partial charge in [-0.3, -0.25) is 4.79 Å². The summed E-state index contributed by atoms with van der Waals surface area (Å²) in [6, 6.07) is 8.83. The van der Waals surface area contributed by atoms with Crippen LogP contribution in [0.4, 0.5) is 0 Å². The zero-order chi connectivity index (χ0) is 21.7. The lowest BCUT2D eigenvalue weighted by Crippen LogP contribution is -2.42. The highest BCUT2D eigenvalue weighted by molar-refractivity contribution is 5.87. The topological polar surface area (TPSA) is 82.4 Å². The summed E-state index contributed by atoms with van der Waals surface area (Å²) in [4.78, 5) is 25.9. The average Bonchev–Trinajstić information content (AvgIpc) is 3.06. The molecule has 0 saturated carbocycles. The average molecular weight is 414 g/mol. The van der Waals surface area contributed by atoms with Gasteiger partial charge in [-0.25, -0.2) is 9.48 Å². The molecule has 2 heterocycles. The van der Waals surface area contributed by atoms with Crippen LogP contribution in [0.5, 0.6) is 0 Å². The van der Waals surface area contributed by atoms with Crippen LogP contribution in [-0.2, 0) is 19.1 Å².